The molecule has 2 heterocycles. The van der Waals surface area contributed by atoms with Gasteiger partial charge in [0, 0.05) is 39.3 Å². The molecule has 3 rings (SSSR count). The van der Waals surface area contributed by atoms with Crippen molar-refractivity contribution in [2.24, 2.45) is 7.05 Å². The van der Waals surface area contributed by atoms with Crippen molar-refractivity contribution >= 4 is 22.8 Å². The van der Waals surface area contributed by atoms with E-state index in [0.717, 1.165) is 0 Å². The van der Waals surface area contributed by atoms with Crippen molar-refractivity contribution in [3.8, 4) is 0 Å². The van der Waals surface area contributed by atoms with Gasteiger partial charge >= 0.3 is 11.8 Å². The predicted molar refractivity (Wildman–Crippen MR) is 75.3 cm³/mol. The molecule has 0 radical (unpaired) electrons. The Bertz CT molecular complexity index is 759. The van der Waals surface area contributed by atoms with Crippen LogP contribution in [0.4, 0.5) is 14.9 Å². The zero-order valence-electron chi connectivity index (χ0n) is 11.5. The molecule has 0 bridgehead atoms. The van der Waals surface area contributed by atoms with Gasteiger partial charge in [0.1, 0.15) is 5.82 Å². The van der Waals surface area contributed by atoms with Crippen LogP contribution in [0.2, 0.25) is 0 Å². The van der Waals surface area contributed by atoms with Gasteiger partial charge in [0.25, 0.3) is 0 Å². The zero-order valence-corrected chi connectivity index (χ0v) is 11.5. The lowest BCUT2D eigenvalue weighted by molar-refractivity contribution is 0.142. The number of amides is 1. The lowest BCUT2D eigenvalue weighted by Gasteiger charge is -2.34. The summed E-state index contributed by atoms with van der Waals surface area (Å²) in [5.74, 6) is -0.423. The van der Waals surface area contributed by atoms with E-state index in [1.807, 2.05) is 0 Å². The first-order chi connectivity index (χ1) is 9.97. The summed E-state index contributed by atoms with van der Waals surface area (Å²) in [5, 5.41) is 8.92. The molecule has 7 nitrogen and oxygen atoms in total. The summed E-state index contributed by atoms with van der Waals surface area (Å²) in [6.07, 6.45) is -0.960. The minimum absolute atomic E-state index is 0.294. The number of nitrogens with one attached hydrogen (secondary N) is 1. The lowest BCUT2D eigenvalue weighted by atomic mass is 10.2. The fourth-order valence-corrected chi connectivity index (χ4v) is 2.62. The number of imidazole rings is 1. The first-order valence-corrected chi connectivity index (χ1v) is 6.58. The van der Waals surface area contributed by atoms with Crippen LogP contribution in [0, 0.1) is 5.82 Å². The highest BCUT2D eigenvalue weighted by Crippen LogP contribution is 2.25. The molecule has 0 unspecified atom stereocenters. The molecule has 1 amide bonds. The molecular formula is C13H15FN4O3. The number of piperazine rings is 1. The molecule has 1 aliphatic heterocycles. The maximum atomic E-state index is 14.2. The molecule has 8 heteroatoms. The van der Waals surface area contributed by atoms with Crippen LogP contribution in [0.5, 0.6) is 0 Å². The van der Waals surface area contributed by atoms with Gasteiger partial charge in [-0.25, -0.2) is 14.0 Å². The number of hydrogen-bond donors (Lipinski definition) is 2. The van der Waals surface area contributed by atoms with Gasteiger partial charge < -0.3 is 19.9 Å². The number of anilines is 1. The molecule has 2 aromatic rings. The zero-order chi connectivity index (χ0) is 15.1. The maximum absolute atomic E-state index is 14.2. The van der Waals surface area contributed by atoms with E-state index in [2.05, 4.69) is 4.98 Å². The van der Waals surface area contributed by atoms with Crippen LogP contribution in [-0.4, -0.2) is 51.8 Å². The van der Waals surface area contributed by atoms with Gasteiger partial charge in [0.05, 0.1) is 16.7 Å². The van der Waals surface area contributed by atoms with Crippen molar-refractivity contribution in [1.82, 2.24) is 14.5 Å². The van der Waals surface area contributed by atoms with Crippen LogP contribution >= 0.6 is 0 Å². The molecule has 1 aromatic heterocycles. The number of nitrogens with zero attached hydrogens (tertiary/aromatic N) is 3. The number of fused-ring (bicyclic) bond motifs is 1. The third kappa shape index (κ3) is 2.22. The van der Waals surface area contributed by atoms with Gasteiger partial charge in [0.2, 0.25) is 0 Å². The Morgan fingerprint density at radius 1 is 1.29 bits per heavy atom. The fraction of sp³-hybridized carbons (Fsp3) is 0.385. The van der Waals surface area contributed by atoms with Crippen LogP contribution in [0.25, 0.3) is 11.0 Å². The number of aromatic nitrogens is 2. The van der Waals surface area contributed by atoms with Crippen LogP contribution in [0.3, 0.4) is 0 Å². The summed E-state index contributed by atoms with van der Waals surface area (Å²) in [5.41, 5.74) is 1.17. The second-order valence-corrected chi connectivity index (χ2v) is 5.07. The normalized spacial score (nSPS) is 15.7. The first-order valence-electron chi connectivity index (χ1n) is 6.58. The van der Waals surface area contributed by atoms with Crippen molar-refractivity contribution in [2.45, 2.75) is 0 Å². The molecule has 112 valence electrons. The molecule has 0 atom stereocenters. The number of rotatable bonds is 1. The summed E-state index contributed by atoms with van der Waals surface area (Å²) in [6, 6.07) is 2.93. The predicted octanol–water partition coefficient (Wildman–Crippen LogP) is 0.806. The third-order valence-corrected chi connectivity index (χ3v) is 3.86. The molecule has 21 heavy (non-hydrogen) atoms. The van der Waals surface area contributed by atoms with E-state index in [0.29, 0.717) is 42.9 Å². The smallest absolute Gasteiger partial charge is 0.407 e. The number of carboxylic acid groups (broad SMARTS) is 1. The third-order valence-electron chi connectivity index (χ3n) is 3.86. The molecule has 0 spiro atoms. The van der Waals surface area contributed by atoms with Gasteiger partial charge in [-0.3, -0.25) is 4.57 Å². The standard InChI is InChI=1S/C13H15FN4O3/c1-16-11-7-10(8(14)6-9(11)15-12(16)19)17-2-4-18(5-3-17)13(20)21/h6-7H,2-5H2,1H3,(H,15,19)(H,20,21). The van der Waals surface area contributed by atoms with Gasteiger partial charge in [0.15, 0.2) is 0 Å². The Hall–Kier alpha value is -2.51. The van der Waals surface area contributed by atoms with Crippen molar-refractivity contribution in [2.75, 3.05) is 31.1 Å². The number of aryl methyl sites for hydroxylation is 1. The quantitative estimate of drug-likeness (QED) is 0.815. The Balaban J connectivity index is 1.94. The number of aromatic amines is 1. The van der Waals surface area contributed by atoms with E-state index in [1.165, 1.54) is 15.5 Å². The molecule has 0 aliphatic carbocycles. The number of hydrogen-bond acceptors (Lipinski definition) is 3. The SMILES string of the molecule is Cn1c(=O)[nH]c2cc(F)c(N3CCN(C(=O)O)CC3)cc21. The average Bonchev–Trinajstić information content (AvgIpc) is 2.73. The highest BCUT2D eigenvalue weighted by Gasteiger charge is 2.23. The van der Waals surface area contributed by atoms with Crippen molar-refractivity contribution < 1.29 is 14.3 Å². The van der Waals surface area contributed by atoms with Crippen LogP contribution in [0.1, 0.15) is 0 Å². The summed E-state index contributed by atoms with van der Waals surface area (Å²) >= 11 is 0. The minimum Gasteiger partial charge on any atom is -0.465 e. The fourth-order valence-electron chi connectivity index (χ4n) is 2.62. The van der Waals surface area contributed by atoms with Crippen LogP contribution in [-0.2, 0) is 7.05 Å². The van der Waals surface area contributed by atoms with E-state index in [1.54, 1.807) is 18.0 Å². The summed E-state index contributed by atoms with van der Waals surface area (Å²) in [7, 11) is 1.62. The highest BCUT2D eigenvalue weighted by molar-refractivity contribution is 5.80. The molecule has 1 saturated heterocycles. The molecule has 2 N–H and O–H groups in total. The number of carbonyl (C=O) groups is 1. The summed E-state index contributed by atoms with van der Waals surface area (Å²) in [6.45, 7) is 1.51. The molecular weight excluding hydrogens is 279 g/mol. The average molecular weight is 294 g/mol. The largest absolute Gasteiger partial charge is 0.465 e. The van der Waals surface area contributed by atoms with E-state index < -0.39 is 11.9 Å². The van der Waals surface area contributed by atoms with Crippen LogP contribution < -0.4 is 10.6 Å². The monoisotopic (exact) mass is 294 g/mol. The summed E-state index contributed by atoms with van der Waals surface area (Å²) < 4.78 is 15.6. The minimum atomic E-state index is -0.960. The van der Waals surface area contributed by atoms with E-state index in [-0.39, 0.29) is 5.69 Å². The second kappa shape index (κ2) is 4.80. The topological polar surface area (TPSA) is 81.6 Å². The van der Waals surface area contributed by atoms with E-state index in [9.17, 15) is 14.0 Å². The Kier molecular flexibility index (Phi) is 3.08. The van der Waals surface area contributed by atoms with Crippen LogP contribution in [0.15, 0.2) is 16.9 Å². The lowest BCUT2D eigenvalue weighted by Crippen LogP contribution is -2.48. The molecule has 1 aliphatic rings. The number of H-pyrrole nitrogens is 1. The highest BCUT2D eigenvalue weighted by atomic mass is 19.1. The van der Waals surface area contributed by atoms with E-state index >= 15 is 0 Å². The van der Waals surface area contributed by atoms with E-state index in [4.69, 9.17) is 5.11 Å². The van der Waals surface area contributed by atoms with Gasteiger partial charge in [-0.1, -0.05) is 0 Å². The molecule has 0 saturated carbocycles. The Labute approximate surface area is 119 Å². The van der Waals surface area contributed by atoms with Crippen molar-refractivity contribution in [1.29, 1.82) is 0 Å². The van der Waals surface area contributed by atoms with Gasteiger partial charge in [-0.15, -0.1) is 0 Å². The number of benzene rings is 1. The maximum Gasteiger partial charge on any atom is 0.407 e. The number of halogens is 1. The molecule has 1 aromatic carbocycles. The van der Waals surface area contributed by atoms with Gasteiger partial charge in [-0.2, -0.15) is 0 Å². The Morgan fingerprint density at radius 3 is 2.57 bits per heavy atom. The molecule has 1 fully saturated rings. The summed E-state index contributed by atoms with van der Waals surface area (Å²) in [4.78, 5) is 28.1. The Morgan fingerprint density at radius 2 is 1.95 bits per heavy atom. The van der Waals surface area contributed by atoms with Crippen molar-refractivity contribution in [3.63, 3.8) is 0 Å². The first kappa shape index (κ1) is 13.5. The van der Waals surface area contributed by atoms with Gasteiger partial charge in [-0.05, 0) is 6.07 Å². The van der Waals surface area contributed by atoms with Crippen molar-refractivity contribution in [3.05, 3.63) is 28.4 Å². The second-order valence-electron chi connectivity index (χ2n) is 5.07.